The van der Waals surface area contributed by atoms with E-state index in [1.807, 2.05) is 0 Å². The molecule has 0 spiro atoms. The maximum absolute atomic E-state index is 14.1. The van der Waals surface area contributed by atoms with E-state index in [-0.39, 0.29) is 17.2 Å². The van der Waals surface area contributed by atoms with Crippen LogP contribution >= 0.6 is 0 Å². The first-order valence-corrected chi connectivity index (χ1v) is 10.7. The average Bonchev–Trinajstić information content (AvgIpc) is 3.30. The van der Waals surface area contributed by atoms with E-state index < -0.39 is 11.7 Å². The van der Waals surface area contributed by atoms with Crippen LogP contribution in [0, 0.1) is 5.82 Å². The maximum Gasteiger partial charge on any atom is 0.258 e. The minimum Gasteiger partial charge on any atom is -0.492 e. The van der Waals surface area contributed by atoms with Crippen LogP contribution < -0.4 is 20.1 Å². The lowest BCUT2D eigenvalue weighted by atomic mass is 10.1. The van der Waals surface area contributed by atoms with Crippen molar-refractivity contribution in [2.75, 3.05) is 23.8 Å². The molecule has 34 heavy (non-hydrogen) atoms. The predicted molar refractivity (Wildman–Crippen MR) is 127 cm³/mol. The third-order valence-electron chi connectivity index (χ3n) is 4.98. The second-order valence-corrected chi connectivity index (χ2v) is 7.23. The number of fused-ring (bicyclic) bond motifs is 1. The molecule has 0 saturated carbocycles. The number of anilines is 2. The average molecular weight is 462 g/mol. The summed E-state index contributed by atoms with van der Waals surface area (Å²) in [6.45, 7) is 4.21. The van der Waals surface area contributed by atoms with Gasteiger partial charge in [-0.3, -0.25) is 9.59 Å². The van der Waals surface area contributed by atoms with Crippen molar-refractivity contribution in [3.8, 4) is 11.5 Å². The Balaban J connectivity index is 1.65. The number of ether oxygens (including phenoxy) is 2. The quantitative estimate of drug-likeness (QED) is 0.342. The van der Waals surface area contributed by atoms with Crippen molar-refractivity contribution in [3.05, 3.63) is 77.9 Å². The fourth-order valence-corrected chi connectivity index (χ4v) is 3.41. The number of aromatic nitrogens is 2. The number of hydrogen-bond acceptors (Lipinski definition) is 5. The van der Waals surface area contributed by atoms with E-state index in [1.54, 1.807) is 56.6 Å². The minimum atomic E-state index is -0.638. The molecule has 2 amide bonds. The molecule has 0 atom stereocenters. The van der Waals surface area contributed by atoms with Gasteiger partial charge in [0.1, 0.15) is 17.3 Å². The summed E-state index contributed by atoms with van der Waals surface area (Å²) in [6.07, 6.45) is 1.56. The molecule has 8 nitrogen and oxygen atoms in total. The summed E-state index contributed by atoms with van der Waals surface area (Å²) >= 11 is 0. The van der Waals surface area contributed by atoms with Gasteiger partial charge in [0.05, 0.1) is 47.5 Å². The number of halogens is 1. The van der Waals surface area contributed by atoms with E-state index >= 15 is 0 Å². The molecule has 0 radical (unpaired) electrons. The van der Waals surface area contributed by atoms with Crippen molar-refractivity contribution in [2.45, 2.75) is 13.8 Å². The zero-order chi connectivity index (χ0) is 24.1. The van der Waals surface area contributed by atoms with Gasteiger partial charge in [0.2, 0.25) is 0 Å². The molecule has 1 heterocycles. The van der Waals surface area contributed by atoms with Crippen molar-refractivity contribution in [1.29, 1.82) is 0 Å². The van der Waals surface area contributed by atoms with E-state index in [9.17, 15) is 14.0 Å². The number of imidazole rings is 1. The van der Waals surface area contributed by atoms with Crippen LogP contribution in [0.15, 0.2) is 60.9 Å². The molecule has 3 N–H and O–H groups in total. The number of nitrogens with one attached hydrogen (secondary N) is 3. The largest absolute Gasteiger partial charge is 0.492 e. The van der Waals surface area contributed by atoms with E-state index in [1.165, 1.54) is 18.2 Å². The van der Waals surface area contributed by atoms with Crippen LogP contribution in [0.4, 0.5) is 15.8 Å². The van der Waals surface area contributed by atoms with Crippen LogP contribution in [0.5, 0.6) is 11.5 Å². The Hall–Kier alpha value is -4.40. The summed E-state index contributed by atoms with van der Waals surface area (Å²) in [5.41, 5.74) is 2.46. The molecule has 0 aliphatic heterocycles. The molecule has 0 bridgehead atoms. The number of aromatic amines is 1. The Bertz CT molecular complexity index is 1350. The third-order valence-corrected chi connectivity index (χ3v) is 4.98. The summed E-state index contributed by atoms with van der Waals surface area (Å²) in [5.74, 6) is -1.00. The highest BCUT2D eigenvalue weighted by molar-refractivity contribution is 6.08. The number of H-pyrrole nitrogens is 1. The molecule has 0 aliphatic carbocycles. The van der Waals surface area contributed by atoms with E-state index in [0.29, 0.717) is 36.0 Å². The lowest BCUT2D eigenvalue weighted by Gasteiger charge is -2.18. The fraction of sp³-hybridized carbons (Fsp3) is 0.160. The SMILES string of the molecule is CCOc1cc(NC(=O)c2ccccc2F)c(OCC)cc1NC(=O)c1ccc2nc[nH]c2c1. The highest BCUT2D eigenvalue weighted by atomic mass is 19.1. The zero-order valence-corrected chi connectivity index (χ0v) is 18.6. The molecule has 0 unspecified atom stereocenters. The van der Waals surface area contributed by atoms with Crippen LogP contribution in [0.1, 0.15) is 34.6 Å². The summed E-state index contributed by atoms with van der Waals surface area (Å²) in [6, 6.07) is 13.9. The molecule has 0 aliphatic rings. The van der Waals surface area contributed by atoms with Gasteiger partial charge in [0.25, 0.3) is 11.8 Å². The smallest absolute Gasteiger partial charge is 0.258 e. The van der Waals surface area contributed by atoms with Crippen molar-refractivity contribution >= 4 is 34.2 Å². The van der Waals surface area contributed by atoms with Crippen LogP contribution in [-0.2, 0) is 0 Å². The number of amides is 2. The molecule has 0 saturated heterocycles. The highest BCUT2D eigenvalue weighted by Gasteiger charge is 2.19. The Morgan fingerprint density at radius 3 is 2.21 bits per heavy atom. The first kappa shape index (κ1) is 22.8. The van der Waals surface area contributed by atoms with Crippen LogP contribution in [-0.4, -0.2) is 35.0 Å². The number of carbonyl (C=O) groups excluding carboxylic acids is 2. The maximum atomic E-state index is 14.1. The van der Waals surface area contributed by atoms with Gasteiger partial charge in [-0.2, -0.15) is 0 Å². The van der Waals surface area contributed by atoms with Crippen molar-refractivity contribution in [1.82, 2.24) is 9.97 Å². The van der Waals surface area contributed by atoms with Gasteiger partial charge < -0.3 is 25.1 Å². The lowest BCUT2D eigenvalue weighted by Crippen LogP contribution is -2.16. The van der Waals surface area contributed by atoms with Crippen LogP contribution in [0.3, 0.4) is 0 Å². The molecule has 4 rings (SSSR count). The molecule has 1 aromatic heterocycles. The molecular formula is C25H23FN4O4. The van der Waals surface area contributed by atoms with Gasteiger partial charge in [-0.25, -0.2) is 9.37 Å². The van der Waals surface area contributed by atoms with Gasteiger partial charge in [-0.15, -0.1) is 0 Å². The third kappa shape index (κ3) is 4.83. The van der Waals surface area contributed by atoms with E-state index in [4.69, 9.17) is 9.47 Å². The van der Waals surface area contributed by atoms with Gasteiger partial charge in [0.15, 0.2) is 0 Å². The summed E-state index contributed by atoms with van der Waals surface area (Å²) in [4.78, 5) is 32.7. The standard InChI is InChI=1S/C25H23FN4O4/c1-3-33-22-13-21(30-25(32)16-7-5-6-8-17(16)26)23(34-4-2)12-20(22)29-24(31)15-9-10-18-19(11-15)28-14-27-18/h5-14H,3-4H2,1-2H3,(H,27,28)(H,29,31)(H,30,32). The molecule has 9 heteroatoms. The number of nitrogens with zero attached hydrogens (tertiary/aromatic N) is 1. The van der Waals surface area contributed by atoms with Crippen LogP contribution in [0.25, 0.3) is 11.0 Å². The highest BCUT2D eigenvalue weighted by Crippen LogP contribution is 2.37. The first-order valence-electron chi connectivity index (χ1n) is 10.7. The van der Waals surface area contributed by atoms with Gasteiger partial charge >= 0.3 is 0 Å². The van der Waals surface area contributed by atoms with Crippen molar-refractivity contribution in [2.24, 2.45) is 0 Å². The summed E-state index contributed by atoms with van der Waals surface area (Å²) in [7, 11) is 0. The Morgan fingerprint density at radius 2 is 1.56 bits per heavy atom. The van der Waals surface area contributed by atoms with E-state index in [2.05, 4.69) is 20.6 Å². The number of hydrogen-bond donors (Lipinski definition) is 3. The van der Waals surface area contributed by atoms with Gasteiger partial charge in [-0.05, 0) is 44.2 Å². The lowest BCUT2D eigenvalue weighted by molar-refractivity contribution is 0.101. The minimum absolute atomic E-state index is 0.102. The zero-order valence-electron chi connectivity index (χ0n) is 18.6. The number of carbonyl (C=O) groups is 2. The van der Waals surface area contributed by atoms with Crippen molar-refractivity contribution < 1.29 is 23.5 Å². The second kappa shape index (κ2) is 10.0. The van der Waals surface area contributed by atoms with Gasteiger partial charge in [0, 0.05) is 17.7 Å². The topological polar surface area (TPSA) is 105 Å². The normalized spacial score (nSPS) is 10.7. The summed E-state index contributed by atoms with van der Waals surface area (Å²) in [5, 5.41) is 5.51. The Morgan fingerprint density at radius 1 is 0.912 bits per heavy atom. The van der Waals surface area contributed by atoms with Gasteiger partial charge in [-0.1, -0.05) is 12.1 Å². The van der Waals surface area contributed by atoms with E-state index in [0.717, 1.165) is 11.0 Å². The van der Waals surface area contributed by atoms with Crippen LogP contribution in [0.2, 0.25) is 0 Å². The van der Waals surface area contributed by atoms with Crippen molar-refractivity contribution in [3.63, 3.8) is 0 Å². The molecule has 4 aromatic rings. The number of benzene rings is 3. The summed E-state index contributed by atoms with van der Waals surface area (Å²) < 4.78 is 25.5. The predicted octanol–water partition coefficient (Wildman–Crippen LogP) is 5.00. The second-order valence-electron chi connectivity index (χ2n) is 7.23. The molecule has 3 aromatic carbocycles. The molecule has 0 fully saturated rings. The Kier molecular flexibility index (Phi) is 6.72. The Labute approximate surface area is 195 Å². The molecule has 174 valence electrons. The molecular weight excluding hydrogens is 439 g/mol. The number of rotatable bonds is 8. The first-order chi connectivity index (χ1) is 16.5. The monoisotopic (exact) mass is 462 g/mol. The fourth-order valence-electron chi connectivity index (χ4n) is 3.41.